The van der Waals surface area contributed by atoms with Crippen molar-refractivity contribution in [1.82, 2.24) is 9.88 Å². The van der Waals surface area contributed by atoms with Crippen LogP contribution in [0, 0.1) is 0 Å². The van der Waals surface area contributed by atoms with Crippen molar-refractivity contribution in [3.63, 3.8) is 0 Å². The van der Waals surface area contributed by atoms with Gasteiger partial charge in [-0.15, -0.1) is 11.3 Å². The lowest BCUT2D eigenvalue weighted by Crippen LogP contribution is -2.64. The SMILES string of the molecule is CC(C)c1ccc(N2C(=O)c3cc4ccsc4n3CC2(C)C(=O)NCc2ccccc2)cc1. The Morgan fingerprint density at radius 2 is 1.82 bits per heavy atom. The van der Waals surface area contributed by atoms with Gasteiger partial charge in [0.2, 0.25) is 5.91 Å². The van der Waals surface area contributed by atoms with Gasteiger partial charge in [0.1, 0.15) is 16.1 Å². The molecule has 5 rings (SSSR count). The summed E-state index contributed by atoms with van der Waals surface area (Å²) in [7, 11) is 0. The van der Waals surface area contributed by atoms with Crippen LogP contribution in [0.2, 0.25) is 0 Å². The van der Waals surface area contributed by atoms with Gasteiger partial charge >= 0.3 is 0 Å². The van der Waals surface area contributed by atoms with Gasteiger partial charge in [-0.2, -0.15) is 0 Å². The highest BCUT2D eigenvalue weighted by atomic mass is 32.1. The van der Waals surface area contributed by atoms with Crippen molar-refractivity contribution in [2.45, 2.75) is 45.3 Å². The molecule has 2 amide bonds. The van der Waals surface area contributed by atoms with Crippen LogP contribution in [0.4, 0.5) is 5.69 Å². The summed E-state index contributed by atoms with van der Waals surface area (Å²) in [5.74, 6) is 0.0664. The van der Waals surface area contributed by atoms with Crippen molar-refractivity contribution >= 4 is 39.1 Å². The molecular formula is C27H27N3O2S. The second-order valence-corrected chi connectivity index (χ2v) is 10.0. The lowest BCUT2D eigenvalue weighted by Gasteiger charge is -2.44. The van der Waals surface area contributed by atoms with E-state index in [2.05, 4.69) is 19.2 Å². The first kappa shape index (κ1) is 21.5. The molecule has 33 heavy (non-hydrogen) atoms. The molecule has 1 atom stereocenters. The first-order valence-corrected chi connectivity index (χ1v) is 12.1. The minimum absolute atomic E-state index is 0.153. The summed E-state index contributed by atoms with van der Waals surface area (Å²) in [6.45, 7) is 6.95. The third-order valence-electron chi connectivity index (χ3n) is 6.49. The molecule has 5 nitrogen and oxygen atoms in total. The molecule has 6 heteroatoms. The molecule has 0 saturated heterocycles. The molecule has 0 bridgehead atoms. The first-order chi connectivity index (χ1) is 15.9. The molecule has 2 aromatic heterocycles. The number of hydrogen-bond donors (Lipinski definition) is 1. The van der Waals surface area contributed by atoms with Gasteiger partial charge in [0.05, 0.1) is 6.54 Å². The number of aromatic nitrogens is 1. The van der Waals surface area contributed by atoms with Crippen LogP contribution < -0.4 is 10.2 Å². The van der Waals surface area contributed by atoms with Crippen LogP contribution in [-0.2, 0) is 17.9 Å². The number of nitrogens with zero attached hydrogens (tertiary/aromatic N) is 2. The van der Waals surface area contributed by atoms with Gasteiger partial charge in [-0.3, -0.25) is 14.5 Å². The molecule has 0 fully saturated rings. The zero-order chi connectivity index (χ0) is 23.2. The Labute approximate surface area is 197 Å². The molecule has 1 aliphatic rings. The Kier molecular flexibility index (Phi) is 5.33. The highest BCUT2D eigenvalue weighted by Gasteiger charge is 2.48. The number of fused-ring (bicyclic) bond motifs is 3. The summed E-state index contributed by atoms with van der Waals surface area (Å²) in [5, 5.41) is 6.14. The fourth-order valence-electron chi connectivity index (χ4n) is 4.58. The van der Waals surface area contributed by atoms with E-state index in [9.17, 15) is 9.59 Å². The Morgan fingerprint density at radius 1 is 1.09 bits per heavy atom. The van der Waals surface area contributed by atoms with E-state index < -0.39 is 5.54 Å². The van der Waals surface area contributed by atoms with Gasteiger partial charge in [-0.05, 0) is 53.6 Å². The van der Waals surface area contributed by atoms with E-state index in [4.69, 9.17) is 0 Å². The second-order valence-electron chi connectivity index (χ2n) is 9.13. The number of nitrogens with one attached hydrogen (secondary N) is 1. The third kappa shape index (κ3) is 3.64. The lowest BCUT2D eigenvalue weighted by atomic mass is 9.93. The minimum Gasteiger partial charge on any atom is -0.350 e. The normalized spacial score (nSPS) is 18.1. The fourth-order valence-corrected chi connectivity index (χ4v) is 5.48. The number of amides is 2. The quantitative estimate of drug-likeness (QED) is 0.426. The molecule has 0 spiro atoms. The van der Waals surface area contributed by atoms with E-state index in [1.54, 1.807) is 16.2 Å². The van der Waals surface area contributed by atoms with E-state index >= 15 is 0 Å². The molecule has 1 unspecified atom stereocenters. The number of hydrogen-bond acceptors (Lipinski definition) is 3. The summed E-state index contributed by atoms with van der Waals surface area (Å²) in [4.78, 5) is 30.2. The van der Waals surface area contributed by atoms with Crippen LogP contribution in [0.1, 0.15) is 48.3 Å². The van der Waals surface area contributed by atoms with Gasteiger partial charge < -0.3 is 9.88 Å². The van der Waals surface area contributed by atoms with Crippen LogP contribution in [-0.4, -0.2) is 21.9 Å². The summed E-state index contributed by atoms with van der Waals surface area (Å²) >= 11 is 1.60. The average molecular weight is 458 g/mol. The number of anilines is 1. The monoisotopic (exact) mass is 457 g/mol. The first-order valence-electron chi connectivity index (χ1n) is 11.2. The smallest absolute Gasteiger partial charge is 0.275 e. The number of carbonyl (C=O) groups is 2. The highest BCUT2D eigenvalue weighted by molar-refractivity contribution is 7.16. The van der Waals surface area contributed by atoms with E-state index in [0.717, 1.165) is 21.5 Å². The molecule has 4 aromatic rings. The van der Waals surface area contributed by atoms with Crippen molar-refractivity contribution < 1.29 is 9.59 Å². The Bertz CT molecular complexity index is 1320. The maximum absolute atomic E-state index is 13.8. The number of benzene rings is 2. The van der Waals surface area contributed by atoms with Gasteiger partial charge in [-0.25, -0.2) is 0 Å². The van der Waals surface area contributed by atoms with Crippen molar-refractivity contribution in [3.8, 4) is 0 Å². The lowest BCUT2D eigenvalue weighted by molar-refractivity contribution is -0.126. The molecular weight excluding hydrogens is 430 g/mol. The van der Waals surface area contributed by atoms with Crippen LogP contribution >= 0.6 is 11.3 Å². The standard InChI is InChI=1S/C27H27N3O2S/c1-18(2)20-9-11-22(12-10-20)30-24(31)23-15-21-13-14-33-25(21)29(23)17-27(30,3)26(32)28-16-19-7-5-4-6-8-19/h4-15,18H,16-17H2,1-3H3,(H,28,32). The molecule has 1 N–H and O–H groups in total. The Balaban J connectivity index is 1.56. The number of carbonyl (C=O) groups excluding carboxylic acids is 2. The van der Waals surface area contributed by atoms with E-state index in [-0.39, 0.29) is 11.8 Å². The molecule has 1 aliphatic heterocycles. The van der Waals surface area contributed by atoms with Gasteiger partial charge in [-0.1, -0.05) is 56.3 Å². The molecule has 2 aromatic carbocycles. The fraction of sp³-hybridized carbons (Fsp3) is 0.259. The van der Waals surface area contributed by atoms with E-state index in [1.165, 1.54) is 5.56 Å². The predicted molar refractivity (Wildman–Crippen MR) is 134 cm³/mol. The number of rotatable bonds is 5. The summed E-state index contributed by atoms with van der Waals surface area (Å²) in [5.41, 5.74) is 2.50. The Hall–Kier alpha value is -3.38. The van der Waals surface area contributed by atoms with Crippen LogP contribution in [0.5, 0.6) is 0 Å². The largest absolute Gasteiger partial charge is 0.350 e. The summed E-state index contributed by atoms with van der Waals surface area (Å²) < 4.78 is 2.00. The van der Waals surface area contributed by atoms with Crippen LogP contribution in [0.15, 0.2) is 72.1 Å². The average Bonchev–Trinajstić information content (AvgIpc) is 3.41. The van der Waals surface area contributed by atoms with Crippen molar-refractivity contribution in [3.05, 3.63) is 88.9 Å². The van der Waals surface area contributed by atoms with Gasteiger partial charge in [0, 0.05) is 17.6 Å². The molecule has 0 radical (unpaired) electrons. The number of thiophene rings is 1. The molecule has 0 saturated carbocycles. The van der Waals surface area contributed by atoms with E-state index in [0.29, 0.717) is 24.7 Å². The third-order valence-corrected chi connectivity index (χ3v) is 7.44. The van der Waals surface area contributed by atoms with Crippen LogP contribution in [0.25, 0.3) is 10.2 Å². The second kappa shape index (κ2) is 8.19. The maximum atomic E-state index is 13.8. The predicted octanol–water partition coefficient (Wildman–Crippen LogP) is 5.56. The van der Waals surface area contributed by atoms with Gasteiger partial charge in [0.15, 0.2) is 0 Å². The molecule has 168 valence electrons. The summed E-state index contributed by atoms with van der Waals surface area (Å²) in [6.07, 6.45) is 0. The maximum Gasteiger partial charge on any atom is 0.275 e. The van der Waals surface area contributed by atoms with E-state index in [1.807, 2.05) is 83.6 Å². The molecule has 0 aliphatic carbocycles. The Morgan fingerprint density at radius 3 is 2.52 bits per heavy atom. The van der Waals surface area contributed by atoms with Crippen molar-refractivity contribution in [2.24, 2.45) is 0 Å². The zero-order valence-electron chi connectivity index (χ0n) is 19.0. The topological polar surface area (TPSA) is 54.3 Å². The van der Waals surface area contributed by atoms with Gasteiger partial charge in [0.25, 0.3) is 5.91 Å². The van der Waals surface area contributed by atoms with Crippen LogP contribution in [0.3, 0.4) is 0 Å². The zero-order valence-corrected chi connectivity index (χ0v) is 19.9. The van der Waals surface area contributed by atoms with Crippen molar-refractivity contribution in [1.29, 1.82) is 0 Å². The highest BCUT2D eigenvalue weighted by Crippen LogP contribution is 2.37. The summed E-state index contributed by atoms with van der Waals surface area (Å²) in [6, 6.07) is 21.8. The minimum atomic E-state index is -1.08. The van der Waals surface area contributed by atoms with Crippen molar-refractivity contribution in [2.75, 3.05) is 4.90 Å². The molecule has 3 heterocycles.